The van der Waals surface area contributed by atoms with E-state index >= 15 is 0 Å². The number of hydrogen-bond donors (Lipinski definition) is 0. The number of methoxy groups -OCH3 is 1. The van der Waals surface area contributed by atoms with Crippen molar-refractivity contribution < 1.29 is 22.4 Å². The summed E-state index contributed by atoms with van der Waals surface area (Å²) in [4.78, 5) is 0.148. The molecule has 0 spiro atoms. The summed E-state index contributed by atoms with van der Waals surface area (Å²) in [7, 11) is -2.11. The quantitative estimate of drug-likeness (QED) is 0.827. The van der Waals surface area contributed by atoms with E-state index in [-0.39, 0.29) is 23.6 Å². The fourth-order valence-corrected chi connectivity index (χ4v) is 4.96. The molecule has 0 bridgehead atoms. The summed E-state index contributed by atoms with van der Waals surface area (Å²) in [6.07, 6.45) is -0.336. The third kappa shape index (κ3) is 3.29. The molecule has 2 heterocycles. The van der Waals surface area contributed by atoms with Crippen molar-refractivity contribution in [2.45, 2.75) is 37.8 Å². The van der Waals surface area contributed by atoms with Gasteiger partial charge < -0.3 is 14.0 Å². The van der Waals surface area contributed by atoms with Crippen molar-refractivity contribution in [1.82, 2.24) is 9.46 Å². The Morgan fingerprint density at radius 3 is 2.48 bits per heavy atom. The molecule has 1 fully saturated rings. The van der Waals surface area contributed by atoms with E-state index in [1.54, 1.807) is 21.0 Å². The van der Waals surface area contributed by atoms with Crippen LogP contribution in [0.5, 0.6) is 5.75 Å². The number of aryl methyl sites for hydroxylation is 2. The summed E-state index contributed by atoms with van der Waals surface area (Å²) in [5, 5.41) is 3.77. The lowest BCUT2D eigenvalue weighted by Gasteiger charge is -2.37. The number of morpholine rings is 1. The van der Waals surface area contributed by atoms with Gasteiger partial charge >= 0.3 is 0 Å². The highest BCUT2D eigenvalue weighted by molar-refractivity contribution is 7.89. The largest absolute Gasteiger partial charge is 0.497 e. The zero-order valence-electron chi connectivity index (χ0n) is 14.7. The Morgan fingerprint density at radius 1 is 1.24 bits per heavy atom. The molecule has 0 saturated carbocycles. The number of hydrogen-bond acceptors (Lipinski definition) is 6. The Balaban J connectivity index is 1.90. The number of sulfonamides is 1. The molecule has 0 N–H and O–H groups in total. The van der Waals surface area contributed by atoms with Gasteiger partial charge in [-0.3, -0.25) is 0 Å². The Labute approximate surface area is 147 Å². The van der Waals surface area contributed by atoms with Crippen LogP contribution < -0.4 is 4.74 Å². The molecule has 0 amide bonds. The van der Waals surface area contributed by atoms with Crippen molar-refractivity contribution in [3.63, 3.8) is 0 Å². The summed E-state index contributed by atoms with van der Waals surface area (Å²) in [6, 6.07) is 7.18. The Kier molecular flexibility index (Phi) is 4.86. The van der Waals surface area contributed by atoms with Crippen molar-refractivity contribution in [3.8, 4) is 5.75 Å². The lowest BCUT2D eigenvalue weighted by molar-refractivity contribution is -0.0289. The fourth-order valence-electron chi connectivity index (χ4n) is 3.05. The van der Waals surface area contributed by atoms with Crippen LogP contribution in [0.25, 0.3) is 0 Å². The first-order valence-electron chi connectivity index (χ1n) is 8.05. The van der Waals surface area contributed by atoms with E-state index in [0.29, 0.717) is 18.1 Å². The van der Waals surface area contributed by atoms with Gasteiger partial charge in [-0.2, -0.15) is 4.31 Å². The Bertz CT molecular complexity index is 825. The number of rotatable bonds is 4. The zero-order valence-corrected chi connectivity index (χ0v) is 15.5. The summed E-state index contributed by atoms with van der Waals surface area (Å²) >= 11 is 0. The second-order valence-electron chi connectivity index (χ2n) is 6.17. The molecule has 136 valence electrons. The van der Waals surface area contributed by atoms with E-state index < -0.39 is 10.0 Å². The lowest BCUT2D eigenvalue weighted by atomic mass is 10.1. The average Bonchev–Trinajstić information content (AvgIpc) is 2.94. The number of ether oxygens (including phenoxy) is 2. The first-order chi connectivity index (χ1) is 11.8. The van der Waals surface area contributed by atoms with Gasteiger partial charge in [-0.25, -0.2) is 8.42 Å². The van der Waals surface area contributed by atoms with Crippen molar-refractivity contribution in [2.24, 2.45) is 0 Å². The maximum atomic E-state index is 13.1. The summed E-state index contributed by atoms with van der Waals surface area (Å²) < 4.78 is 43.8. The monoisotopic (exact) mass is 366 g/mol. The van der Waals surface area contributed by atoms with Crippen molar-refractivity contribution >= 4 is 10.0 Å². The van der Waals surface area contributed by atoms with Crippen LogP contribution in [0, 0.1) is 13.8 Å². The molecule has 8 heteroatoms. The molecule has 2 atom stereocenters. The third-order valence-corrected chi connectivity index (χ3v) is 6.62. The van der Waals surface area contributed by atoms with Crippen LogP contribution in [0.2, 0.25) is 0 Å². The first-order valence-corrected chi connectivity index (χ1v) is 9.49. The highest BCUT2D eigenvalue weighted by Crippen LogP contribution is 2.32. The molecular formula is C17H22N2O5S. The molecule has 3 rings (SSSR count). The van der Waals surface area contributed by atoms with Crippen LogP contribution in [0.1, 0.15) is 30.0 Å². The smallest absolute Gasteiger partial charge is 0.248 e. The van der Waals surface area contributed by atoms with Crippen LogP contribution in [0.15, 0.2) is 33.7 Å². The van der Waals surface area contributed by atoms with Crippen LogP contribution in [-0.4, -0.2) is 44.2 Å². The van der Waals surface area contributed by atoms with Gasteiger partial charge in [-0.15, -0.1) is 0 Å². The minimum absolute atomic E-state index is 0.148. The summed E-state index contributed by atoms with van der Waals surface area (Å²) in [5.74, 6) is 1.05. The standard InChI is InChI=1S/C17H22N2O5S/c1-11-10-23-16(14-5-7-15(22-4)8-6-14)9-19(11)25(20,21)17-12(2)18-24-13(17)3/h5-8,11,16H,9-10H2,1-4H3. The van der Waals surface area contributed by atoms with Gasteiger partial charge in [0, 0.05) is 12.6 Å². The van der Waals surface area contributed by atoms with Crippen LogP contribution >= 0.6 is 0 Å². The molecular weight excluding hydrogens is 344 g/mol. The van der Waals surface area contributed by atoms with E-state index in [2.05, 4.69) is 5.16 Å². The Hall–Kier alpha value is -1.90. The van der Waals surface area contributed by atoms with Crippen LogP contribution in [0.3, 0.4) is 0 Å². The van der Waals surface area contributed by atoms with Crippen LogP contribution in [-0.2, 0) is 14.8 Å². The van der Waals surface area contributed by atoms with E-state index in [1.165, 1.54) is 4.31 Å². The van der Waals surface area contributed by atoms with Gasteiger partial charge in [0.15, 0.2) is 5.76 Å². The van der Waals surface area contributed by atoms with Crippen molar-refractivity contribution in [1.29, 1.82) is 0 Å². The summed E-state index contributed by atoms with van der Waals surface area (Å²) in [6.45, 7) is 5.63. The molecule has 1 aliphatic heterocycles. The normalized spacial score (nSPS) is 22.1. The molecule has 1 aromatic heterocycles. The topological polar surface area (TPSA) is 81.9 Å². The van der Waals surface area contributed by atoms with E-state index in [4.69, 9.17) is 14.0 Å². The second-order valence-corrected chi connectivity index (χ2v) is 8.00. The predicted molar refractivity (Wildman–Crippen MR) is 91.0 cm³/mol. The fraction of sp³-hybridized carbons (Fsp3) is 0.471. The van der Waals surface area contributed by atoms with E-state index in [1.807, 2.05) is 31.2 Å². The SMILES string of the molecule is COc1ccc(C2CN(S(=O)(=O)c3c(C)noc3C)C(C)CO2)cc1. The number of nitrogens with zero attached hydrogens (tertiary/aromatic N) is 2. The van der Waals surface area contributed by atoms with Gasteiger partial charge in [0.05, 0.1) is 19.8 Å². The molecule has 2 aromatic rings. The molecule has 1 aromatic carbocycles. The van der Waals surface area contributed by atoms with E-state index in [9.17, 15) is 8.42 Å². The maximum Gasteiger partial charge on any atom is 0.248 e. The Morgan fingerprint density at radius 2 is 1.92 bits per heavy atom. The maximum absolute atomic E-state index is 13.1. The highest BCUT2D eigenvalue weighted by Gasteiger charge is 2.39. The molecule has 1 saturated heterocycles. The highest BCUT2D eigenvalue weighted by atomic mass is 32.2. The lowest BCUT2D eigenvalue weighted by Crippen LogP contribution is -2.48. The molecule has 2 unspecified atom stereocenters. The first kappa shape index (κ1) is 17.9. The van der Waals surface area contributed by atoms with Gasteiger partial charge in [-0.1, -0.05) is 17.3 Å². The third-order valence-electron chi connectivity index (χ3n) is 4.40. The minimum atomic E-state index is -3.71. The average molecular weight is 366 g/mol. The van der Waals surface area contributed by atoms with Gasteiger partial charge in [-0.05, 0) is 38.5 Å². The molecule has 7 nitrogen and oxygen atoms in total. The van der Waals surface area contributed by atoms with Gasteiger partial charge in [0.2, 0.25) is 10.0 Å². The van der Waals surface area contributed by atoms with E-state index in [0.717, 1.165) is 11.3 Å². The van der Waals surface area contributed by atoms with Crippen LogP contribution in [0.4, 0.5) is 0 Å². The molecule has 0 radical (unpaired) electrons. The summed E-state index contributed by atoms with van der Waals surface area (Å²) in [5.41, 5.74) is 1.28. The number of aromatic nitrogens is 1. The number of benzene rings is 1. The molecule has 0 aliphatic carbocycles. The predicted octanol–water partition coefficient (Wildman–Crippen LogP) is 2.45. The van der Waals surface area contributed by atoms with Gasteiger partial charge in [0.1, 0.15) is 16.3 Å². The van der Waals surface area contributed by atoms with Gasteiger partial charge in [0.25, 0.3) is 0 Å². The molecule has 1 aliphatic rings. The van der Waals surface area contributed by atoms with Crippen molar-refractivity contribution in [2.75, 3.05) is 20.3 Å². The second kappa shape index (κ2) is 6.78. The zero-order chi connectivity index (χ0) is 18.2. The molecule has 25 heavy (non-hydrogen) atoms. The minimum Gasteiger partial charge on any atom is -0.497 e. The van der Waals surface area contributed by atoms with Crippen molar-refractivity contribution in [3.05, 3.63) is 41.3 Å².